The molecule has 0 saturated carbocycles. The first-order valence-electron chi connectivity index (χ1n) is 5.76. The molecule has 98 valence electrons. The predicted molar refractivity (Wildman–Crippen MR) is 66.4 cm³/mol. The molecule has 1 aromatic rings. The molecule has 5 heteroatoms. The van der Waals surface area contributed by atoms with Gasteiger partial charge in [-0.3, -0.25) is 9.59 Å². The molecule has 5 nitrogen and oxygen atoms in total. The molecule has 1 atom stereocenters. The fourth-order valence-corrected chi connectivity index (χ4v) is 1.53. The minimum absolute atomic E-state index is 0.229. The number of carboxylic acids is 1. The van der Waals surface area contributed by atoms with Crippen LogP contribution in [-0.2, 0) is 9.59 Å². The van der Waals surface area contributed by atoms with Crippen molar-refractivity contribution in [1.29, 1.82) is 0 Å². The van der Waals surface area contributed by atoms with E-state index in [9.17, 15) is 9.59 Å². The molecule has 0 bridgehead atoms. The van der Waals surface area contributed by atoms with Crippen LogP contribution in [0.3, 0.4) is 0 Å². The Balaban J connectivity index is 2.58. The van der Waals surface area contributed by atoms with Crippen LogP contribution in [0.4, 0.5) is 0 Å². The number of rotatable bonds is 6. The van der Waals surface area contributed by atoms with E-state index in [1.54, 1.807) is 6.92 Å². The lowest BCUT2D eigenvalue weighted by atomic mass is 10.1. The summed E-state index contributed by atoms with van der Waals surface area (Å²) in [5, 5.41) is 11.1. The number of aliphatic carboxylic acids is 1. The van der Waals surface area contributed by atoms with E-state index in [1.807, 2.05) is 31.2 Å². The fraction of sp³-hybridized carbons (Fsp3) is 0.385. The number of hydrogen-bond acceptors (Lipinski definition) is 3. The Bertz CT molecular complexity index is 414. The zero-order valence-electron chi connectivity index (χ0n) is 10.5. The molecule has 0 heterocycles. The molecule has 0 radical (unpaired) electrons. The first-order valence-corrected chi connectivity index (χ1v) is 5.76. The molecule has 1 unspecified atom stereocenters. The molecule has 1 rings (SSSR count). The quantitative estimate of drug-likeness (QED) is 0.755. The Morgan fingerprint density at radius 3 is 2.44 bits per heavy atom. The van der Waals surface area contributed by atoms with E-state index in [0.29, 0.717) is 6.61 Å². The Morgan fingerprint density at radius 1 is 1.33 bits per heavy atom. The third-order valence-corrected chi connectivity index (χ3v) is 2.38. The summed E-state index contributed by atoms with van der Waals surface area (Å²) in [5.74, 6) is -0.861. The summed E-state index contributed by atoms with van der Waals surface area (Å²) in [6.07, 6.45) is -0.513. The average molecular weight is 251 g/mol. The van der Waals surface area contributed by atoms with Gasteiger partial charge in [0.05, 0.1) is 12.6 Å². The van der Waals surface area contributed by atoms with Gasteiger partial charge in [-0.1, -0.05) is 12.1 Å². The number of carboxylic acid groups (broad SMARTS) is 1. The molecule has 0 aliphatic heterocycles. The SMILES string of the molecule is CCOc1ccc(C(C)NC(=O)CC(=O)O)cc1. The van der Waals surface area contributed by atoms with Crippen molar-refractivity contribution in [1.82, 2.24) is 5.32 Å². The maximum absolute atomic E-state index is 11.3. The van der Waals surface area contributed by atoms with Crippen molar-refractivity contribution in [2.75, 3.05) is 6.61 Å². The van der Waals surface area contributed by atoms with Crippen LogP contribution in [-0.4, -0.2) is 23.6 Å². The largest absolute Gasteiger partial charge is 0.494 e. The van der Waals surface area contributed by atoms with Gasteiger partial charge in [0.25, 0.3) is 0 Å². The summed E-state index contributed by atoms with van der Waals surface area (Å²) in [6, 6.07) is 7.10. The number of carbonyl (C=O) groups is 2. The summed E-state index contributed by atoms with van der Waals surface area (Å²) < 4.78 is 5.31. The number of amides is 1. The third kappa shape index (κ3) is 4.45. The van der Waals surface area contributed by atoms with Crippen molar-refractivity contribution in [3.63, 3.8) is 0 Å². The van der Waals surface area contributed by atoms with Crippen LogP contribution in [0.5, 0.6) is 5.75 Å². The smallest absolute Gasteiger partial charge is 0.312 e. The lowest BCUT2D eigenvalue weighted by molar-refractivity contribution is -0.140. The van der Waals surface area contributed by atoms with E-state index in [0.717, 1.165) is 11.3 Å². The molecule has 1 amide bonds. The second kappa shape index (κ2) is 6.64. The topological polar surface area (TPSA) is 75.6 Å². The number of ether oxygens (including phenoxy) is 1. The Morgan fingerprint density at radius 2 is 1.94 bits per heavy atom. The van der Waals surface area contributed by atoms with Crippen LogP contribution in [0.1, 0.15) is 31.9 Å². The first kappa shape index (κ1) is 14.0. The van der Waals surface area contributed by atoms with E-state index in [-0.39, 0.29) is 6.04 Å². The lowest BCUT2D eigenvalue weighted by Gasteiger charge is -2.14. The molecule has 0 aliphatic carbocycles. The minimum atomic E-state index is -1.13. The summed E-state index contributed by atoms with van der Waals surface area (Å²) in [6.45, 7) is 4.31. The molecule has 1 aromatic carbocycles. The number of carbonyl (C=O) groups excluding carboxylic acids is 1. The van der Waals surface area contributed by atoms with Crippen LogP contribution < -0.4 is 10.1 Å². The van der Waals surface area contributed by atoms with Crippen LogP contribution in [0, 0.1) is 0 Å². The molecule has 18 heavy (non-hydrogen) atoms. The monoisotopic (exact) mass is 251 g/mol. The van der Waals surface area contributed by atoms with E-state index in [4.69, 9.17) is 9.84 Å². The van der Waals surface area contributed by atoms with Gasteiger partial charge >= 0.3 is 5.97 Å². The van der Waals surface area contributed by atoms with Crippen LogP contribution in [0.25, 0.3) is 0 Å². The number of benzene rings is 1. The van der Waals surface area contributed by atoms with Gasteiger partial charge in [-0.05, 0) is 31.5 Å². The molecule has 0 fully saturated rings. The van der Waals surface area contributed by atoms with Gasteiger partial charge in [0, 0.05) is 0 Å². The maximum Gasteiger partial charge on any atom is 0.312 e. The van der Waals surface area contributed by atoms with Crippen LogP contribution >= 0.6 is 0 Å². The number of hydrogen-bond donors (Lipinski definition) is 2. The summed E-state index contributed by atoms with van der Waals surface area (Å²) in [5.41, 5.74) is 0.900. The highest BCUT2D eigenvalue weighted by Crippen LogP contribution is 2.17. The van der Waals surface area contributed by atoms with Gasteiger partial charge in [0.1, 0.15) is 12.2 Å². The Labute approximate surface area is 106 Å². The third-order valence-electron chi connectivity index (χ3n) is 2.38. The van der Waals surface area contributed by atoms with E-state index in [2.05, 4.69) is 5.32 Å². The molecule has 0 saturated heterocycles. The van der Waals surface area contributed by atoms with E-state index < -0.39 is 18.3 Å². The average Bonchev–Trinajstić information content (AvgIpc) is 2.29. The zero-order valence-corrected chi connectivity index (χ0v) is 10.5. The van der Waals surface area contributed by atoms with Crippen molar-refractivity contribution >= 4 is 11.9 Å². The van der Waals surface area contributed by atoms with E-state index >= 15 is 0 Å². The molecule has 2 N–H and O–H groups in total. The molecular formula is C13H17NO4. The fourth-order valence-electron chi connectivity index (χ4n) is 1.53. The molecular weight excluding hydrogens is 234 g/mol. The lowest BCUT2D eigenvalue weighted by Crippen LogP contribution is -2.28. The van der Waals surface area contributed by atoms with Gasteiger partial charge in [-0.15, -0.1) is 0 Å². The summed E-state index contributed by atoms with van der Waals surface area (Å²) in [4.78, 5) is 21.7. The second-order valence-electron chi connectivity index (χ2n) is 3.86. The summed E-state index contributed by atoms with van der Waals surface area (Å²) >= 11 is 0. The molecule has 0 spiro atoms. The normalized spacial score (nSPS) is 11.7. The van der Waals surface area contributed by atoms with Gasteiger partial charge < -0.3 is 15.2 Å². The highest BCUT2D eigenvalue weighted by Gasteiger charge is 2.12. The second-order valence-corrected chi connectivity index (χ2v) is 3.86. The summed E-state index contributed by atoms with van der Waals surface area (Å²) in [7, 11) is 0. The molecule has 0 aliphatic rings. The zero-order chi connectivity index (χ0) is 13.5. The van der Waals surface area contributed by atoms with Gasteiger partial charge in [0.2, 0.25) is 5.91 Å². The van der Waals surface area contributed by atoms with Gasteiger partial charge in [-0.2, -0.15) is 0 Å². The van der Waals surface area contributed by atoms with Crippen molar-refractivity contribution in [2.45, 2.75) is 26.3 Å². The highest BCUT2D eigenvalue weighted by atomic mass is 16.5. The van der Waals surface area contributed by atoms with E-state index in [1.165, 1.54) is 0 Å². The first-order chi connectivity index (χ1) is 8.52. The van der Waals surface area contributed by atoms with Crippen molar-refractivity contribution in [2.24, 2.45) is 0 Å². The van der Waals surface area contributed by atoms with Crippen LogP contribution in [0.15, 0.2) is 24.3 Å². The standard InChI is InChI=1S/C13H17NO4/c1-3-18-11-6-4-10(5-7-11)9(2)14-12(15)8-13(16)17/h4-7,9H,3,8H2,1-2H3,(H,14,15)(H,16,17). The molecule has 0 aromatic heterocycles. The van der Waals surface area contributed by atoms with Crippen molar-refractivity contribution in [3.8, 4) is 5.75 Å². The maximum atomic E-state index is 11.3. The number of nitrogens with one attached hydrogen (secondary N) is 1. The Hall–Kier alpha value is -2.04. The minimum Gasteiger partial charge on any atom is -0.494 e. The van der Waals surface area contributed by atoms with Crippen molar-refractivity contribution in [3.05, 3.63) is 29.8 Å². The van der Waals surface area contributed by atoms with Crippen molar-refractivity contribution < 1.29 is 19.4 Å². The predicted octanol–water partition coefficient (Wildman–Crippen LogP) is 1.74. The Kier molecular flexibility index (Phi) is 5.17. The van der Waals surface area contributed by atoms with Gasteiger partial charge in [-0.25, -0.2) is 0 Å². The van der Waals surface area contributed by atoms with Crippen LogP contribution in [0.2, 0.25) is 0 Å². The van der Waals surface area contributed by atoms with Gasteiger partial charge in [0.15, 0.2) is 0 Å². The highest BCUT2D eigenvalue weighted by molar-refractivity contribution is 5.93.